The minimum Gasteiger partial charge on any atom is -0.493 e. The maximum absolute atomic E-state index is 13.9. The summed E-state index contributed by atoms with van der Waals surface area (Å²) in [4.78, 5) is 5.42. The van der Waals surface area contributed by atoms with Crippen molar-refractivity contribution in [3.05, 3.63) is 45.7 Å². The Balaban J connectivity index is 2.06. The molecule has 0 radical (unpaired) electrons. The van der Waals surface area contributed by atoms with Crippen molar-refractivity contribution < 1.29 is 9.13 Å². The Morgan fingerprint density at radius 3 is 2.90 bits per heavy atom. The molecular formula is C15H19FN2OS. The number of nitrogens with one attached hydrogen (secondary N) is 1. The van der Waals surface area contributed by atoms with Gasteiger partial charge >= 0.3 is 0 Å². The molecule has 0 bridgehead atoms. The van der Waals surface area contributed by atoms with Crippen molar-refractivity contribution in [2.75, 3.05) is 13.7 Å². The summed E-state index contributed by atoms with van der Waals surface area (Å²) in [5.74, 6) is 0.368. The van der Waals surface area contributed by atoms with Gasteiger partial charge in [-0.05, 0) is 33.0 Å². The molecule has 2 rings (SSSR count). The lowest BCUT2D eigenvalue weighted by Gasteiger charge is -2.17. The molecule has 1 aromatic carbocycles. The maximum atomic E-state index is 13.9. The molecule has 1 atom stereocenters. The lowest BCUT2D eigenvalue weighted by Crippen LogP contribution is -2.16. The van der Waals surface area contributed by atoms with Gasteiger partial charge in [0.15, 0.2) is 0 Å². The number of thiazole rings is 1. The highest BCUT2D eigenvalue weighted by Gasteiger charge is 2.15. The van der Waals surface area contributed by atoms with E-state index >= 15 is 0 Å². The predicted molar refractivity (Wildman–Crippen MR) is 79.9 cm³/mol. The van der Waals surface area contributed by atoms with Gasteiger partial charge < -0.3 is 10.1 Å². The van der Waals surface area contributed by atoms with Gasteiger partial charge in [0.05, 0.1) is 17.8 Å². The summed E-state index contributed by atoms with van der Waals surface area (Å²) < 4.78 is 19.7. The molecule has 3 nitrogen and oxygen atoms in total. The maximum Gasteiger partial charge on any atom is 0.131 e. The van der Waals surface area contributed by atoms with E-state index in [9.17, 15) is 4.39 Å². The second-order valence-corrected chi connectivity index (χ2v) is 5.56. The van der Waals surface area contributed by atoms with E-state index in [1.54, 1.807) is 17.4 Å². The van der Waals surface area contributed by atoms with Gasteiger partial charge in [0, 0.05) is 22.9 Å². The fourth-order valence-electron chi connectivity index (χ4n) is 2.03. The van der Waals surface area contributed by atoms with E-state index < -0.39 is 0 Å². The molecule has 0 aliphatic rings. The molecule has 1 aromatic heterocycles. The zero-order chi connectivity index (χ0) is 14.5. The normalized spacial score (nSPS) is 12.4. The minimum absolute atomic E-state index is 0.0867. The number of benzene rings is 1. The average molecular weight is 294 g/mol. The van der Waals surface area contributed by atoms with Crippen molar-refractivity contribution in [1.82, 2.24) is 10.3 Å². The van der Waals surface area contributed by atoms with Gasteiger partial charge in [-0.3, -0.25) is 0 Å². The van der Waals surface area contributed by atoms with Crippen molar-refractivity contribution in [3.63, 3.8) is 0 Å². The SMILES string of the molecule is CNC(C)c1c(F)cccc1OCCc1scnc1C. The number of ether oxygens (including phenoxy) is 1. The fraction of sp³-hybridized carbons (Fsp3) is 0.400. The van der Waals surface area contributed by atoms with Crippen LogP contribution in [0, 0.1) is 12.7 Å². The van der Waals surface area contributed by atoms with Crippen molar-refractivity contribution in [2.24, 2.45) is 0 Å². The van der Waals surface area contributed by atoms with E-state index in [0.29, 0.717) is 17.9 Å². The van der Waals surface area contributed by atoms with Crippen molar-refractivity contribution in [3.8, 4) is 5.75 Å². The lowest BCUT2D eigenvalue weighted by molar-refractivity contribution is 0.313. The molecule has 1 N–H and O–H groups in total. The fourth-order valence-corrected chi connectivity index (χ4v) is 2.79. The summed E-state index contributed by atoms with van der Waals surface area (Å²) >= 11 is 1.63. The van der Waals surface area contributed by atoms with E-state index in [2.05, 4.69) is 10.3 Å². The van der Waals surface area contributed by atoms with Crippen LogP contribution in [0.5, 0.6) is 5.75 Å². The monoisotopic (exact) mass is 294 g/mol. The third-order valence-corrected chi connectivity index (χ3v) is 4.31. The number of rotatable bonds is 6. The molecule has 108 valence electrons. The molecule has 2 aromatic rings. The van der Waals surface area contributed by atoms with Crippen LogP contribution in [0.3, 0.4) is 0 Å². The molecule has 0 saturated carbocycles. The highest BCUT2D eigenvalue weighted by atomic mass is 32.1. The first-order valence-corrected chi connectivity index (χ1v) is 7.49. The topological polar surface area (TPSA) is 34.1 Å². The zero-order valence-electron chi connectivity index (χ0n) is 11.9. The smallest absolute Gasteiger partial charge is 0.131 e. The second-order valence-electron chi connectivity index (χ2n) is 4.62. The third-order valence-electron chi connectivity index (χ3n) is 3.31. The van der Waals surface area contributed by atoms with E-state index in [1.165, 1.54) is 10.9 Å². The van der Waals surface area contributed by atoms with E-state index in [1.807, 2.05) is 32.5 Å². The van der Waals surface area contributed by atoms with Crippen LogP contribution in [-0.2, 0) is 6.42 Å². The summed E-state index contributed by atoms with van der Waals surface area (Å²) in [6, 6.07) is 4.86. The van der Waals surface area contributed by atoms with Crippen LogP contribution in [0.25, 0.3) is 0 Å². The first kappa shape index (κ1) is 14.9. The van der Waals surface area contributed by atoms with Crippen molar-refractivity contribution in [2.45, 2.75) is 26.3 Å². The van der Waals surface area contributed by atoms with Gasteiger partial charge in [-0.25, -0.2) is 9.37 Å². The van der Waals surface area contributed by atoms with Crippen LogP contribution in [-0.4, -0.2) is 18.6 Å². The van der Waals surface area contributed by atoms with Gasteiger partial charge in [-0.1, -0.05) is 6.07 Å². The largest absolute Gasteiger partial charge is 0.493 e. The van der Waals surface area contributed by atoms with Crippen molar-refractivity contribution in [1.29, 1.82) is 0 Å². The molecule has 5 heteroatoms. The Hall–Kier alpha value is -1.46. The second kappa shape index (κ2) is 6.81. The molecule has 0 saturated heterocycles. The van der Waals surface area contributed by atoms with Crippen LogP contribution < -0.4 is 10.1 Å². The van der Waals surface area contributed by atoms with Gasteiger partial charge in [0.25, 0.3) is 0 Å². The third kappa shape index (κ3) is 3.35. The van der Waals surface area contributed by atoms with E-state index in [4.69, 9.17) is 4.74 Å². The quantitative estimate of drug-likeness (QED) is 0.885. The van der Waals surface area contributed by atoms with E-state index in [-0.39, 0.29) is 11.9 Å². The molecule has 0 aliphatic heterocycles. The summed E-state index contributed by atoms with van der Waals surface area (Å²) in [5, 5.41) is 3.05. The highest BCUT2D eigenvalue weighted by molar-refractivity contribution is 7.09. The van der Waals surface area contributed by atoms with Gasteiger partial charge in [-0.2, -0.15) is 0 Å². The summed E-state index contributed by atoms with van der Waals surface area (Å²) in [6.07, 6.45) is 0.792. The average Bonchev–Trinajstić information content (AvgIpc) is 2.84. The van der Waals surface area contributed by atoms with Gasteiger partial charge in [0.2, 0.25) is 0 Å². The molecule has 0 aliphatic carbocycles. The Labute approximate surface area is 122 Å². The van der Waals surface area contributed by atoms with Crippen LogP contribution in [0.4, 0.5) is 4.39 Å². The zero-order valence-corrected chi connectivity index (χ0v) is 12.8. The first-order chi connectivity index (χ1) is 9.63. The molecule has 0 fully saturated rings. The summed E-state index contributed by atoms with van der Waals surface area (Å²) in [5.41, 5.74) is 3.46. The molecule has 0 amide bonds. The minimum atomic E-state index is -0.238. The number of hydrogen-bond donors (Lipinski definition) is 1. The lowest BCUT2D eigenvalue weighted by atomic mass is 10.1. The highest BCUT2D eigenvalue weighted by Crippen LogP contribution is 2.28. The number of nitrogens with zero attached hydrogens (tertiary/aromatic N) is 1. The summed E-state index contributed by atoms with van der Waals surface area (Å²) in [6.45, 7) is 4.43. The number of halogens is 1. The molecule has 1 heterocycles. The van der Waals surface area contributed by atoms with E-state index in [0.717, 1.165) is 12.1 Å². The standard InChI is InChI=1S/C15H19FN2OS/c1-10-14(20-9-18-10)7-8-19-13-6-4-5-12(16)15(13)11(2)17-3/h4-6,9,11,17H,7-8H2,1-3H3. The van der Waals surface area contributed by atoms with Crippen LogP contribution in [0.1, 0.15) is 29.1 Å². The Morgan fingerprint density at radius 1 is 1.45 bits per heavy atom. The Morgan fingerprint density at radius 2 is 2.25 bits per heavy atom. The first-order valence-electron chi connectivity index (χ1n) is 6.61. The molecule has 20 heavy (non-hydrogen) atoms. The number of aromatic nitrogens is 1. The van der Waals surface area contributed by atoms with Gasteiger partial charge in [0.1, 0.15) is 11.6 Å². The van der Waals surface area contributed by atoms with Crippen LogP contribution >= 0.6 is 11.3 Å². The summed E-state index contributed by atoms with van der Waals surface area (Å²) in [7, 11) is 1.81. The van der Waals surface area contributed by atoms with Crippen LogP contribution in [0.15, 0.2) is 23.7 Å². The Bertz CT molecular complexity index is 571. The molecule has 0 spiro atoms. The molecule has 1 unspecified atom stereocenters. The number of hydrogen-bond acceptors (Lipinski definition) is 4. The van der Waals surface area contributed by atoms with Gasteiger partial charge in [-0.15, -0.1) is 11.3 Å². The predicted octanol–water partition coefficient (Wildman–Crippen LogP) is 3.49. The van der Waals surface area contributed by atoms with Crippen LogP contribution in [0.2, 0.25) is 0 Å². The Kier molecular flexibility index (Phi) is 5.09. The number of aryl methyl sites for hydroxylation is 1. The molecular weight excluding hydrogens is 275 g/mol. The van der Waals surface area contributed by atoms with Crippen molar-refractivity contribution >= 4 is 11.3 Å².